The molecule has 0 aliphatic carbocycles. The van der Waals surface area contributed by atoms with E-state index >= 15 is 0 Å². The highest BCUT2D eigenvalue weighted by Crippen LogP contribution is 2.19. The Kier molecular flexibility index (Phi) is 2.26. The quantitative estimate of drug-likeness (QED) is 0.700. The smallest absolute Gasteiger partial charge is 0.159 e. The summed E-state index contributed by atoms with van der Waals surface area (Å²) >= 11 is 0. The van der Waals surface area contributed by atoms with Gasteiger partial charge in [0.05, 0.1) is 0 Å². The van der Waals surface area contributed by atoms with Crippen LogP contribution in [0.4, 0.5) is 0 Å². The van der Waals surface area contributed by atoms with Crippen molar-refractivity contribution in [2.24, 2.45) is 7.05 Å². The maximum absolute atomic E-state index is 10.6. The highest BCUT2D eigenvalue weighted by Gasteiger charge is 2.11. The SMILES string of the molecule is CC(C)c1nc2cc(C=O)cnc2n1C. The highest BCUT2D eigenvalue weighted by molar-refractivity contribution is 5.82. The number of aromatic nitrogens is 3. The second kappa shape index (κ2) is 3.46. The zero-order valence-electron chi connectivity index (χ0n) is 9.06. The lowest BCUT2D eigenvalue weighted by Crippen LogP contribution is -2.00. The van der Waals surface area contributed by atoms with Gasteiger partial charge in [0.25, 0.3) is 0 Å². The van der Waals surface area contributed by atoms with Crippen molar-refractivity contribution in [2.75, 3.05) is 0 Å². The zero-order chi connectivity index (χ0) is 11.0. The molecule has 0 spiro atoms. The van der Waals surface area contributed by atoms with E-state index in [-0.39, 0.29) is 0 Å². The third-order valence-corrected chi connectivity index (χ3v) is 2.42. The average molecular weight is 203 g/mol. The van der Waals surface area contributed by atoms with Crippen molar-refractivity contribution in [1.29, 1.82) is 0 Å². The number of imidazole rings is 1. The number of aldehydes is 1. The fourth-order valence-electron chi connectivity index (χ4n) is 1.69. The molecule has 2 aromatic heterocycles. The van der Waals surface area contributed by atoms with E-state index in [1.165, 1.54) is 0 Å². The summed E-state index contributed by atoms with van der Waals surface area (Å²) in [5, 5.41) is 0. The maximum Gasteiger partial charge on any atom is 0.159 e. The fraction of sp³-hybridized carbons (Fsp3) is 0.364. The van der Waals surface area contributed by atoms with Crippen LogP contribution < -0.4 is 0 Å². The first-order valence-corrected chi connectivity index (χ1v) is 4.91. The zero-order valence-corrected chi connectivity index (χ0v) is 9.06. The van der Waals surface area contributed by atoms with Gasteiger partial charge in [0, 0.05) is 24.7 Å². The summed E-state index contributed by atoms with van der Waals surface area (Å²) in [7, 11) is 1.94. The molecule has 0 N–H and O–H groups in total. The summed E-state index contributed by atoms with van der Waals surface area (Å²) in [6.07, 6.45) is 2.36. The molecule has 15 heavy (non-hydrogen) atoms. The van der Waals surface area contributed by atoms with Crippen LogP contribution in [0.25, 0.3) is 11.2 Å². The largest absolute Gasteiger partial charge is 0.316 e. The van der Waals surface area contributed by atoms with Gasteiger partial charge in [-0.1, -0.05) is 13.8 Å². The molecule has 0 aliphatic heterocycles. The number of carbonyl (C=O) groups is 1. The van der Waals surface area contributed by atoms with E-state index in [4.69, 9.17) is 0 Å². The number of fused-ring (bicyclic) bond motifs is 1. The molecule has 2 aromatic rings. The normalized spacial score (nSPS) is 11.2. The lowest BCUT2D eigenvalue weighted by Gasteiger charge is -2.03. The molecule has 0 saturated heterocycles. The molecular formula is C11H13N3O. The molecule has 0 saturated carbocycles. The molecule has 0 atom stereocenters. The molecular weight excluding hydrogens is 190 g/mol. The van der Waals surface area contributed by atoms with Gasteiger partial charge >= 0.3 is 0 Å². The Morgan fingerprint density at radius 1 is 1.47 bits per heavy atom. The molecule has 0 bridgehead atoms. The molecule has 4 nitrogen and oxygen atoms in total. The van der Waals surface area contributed by atoms with E-state index in [0.29, 0.717) is 11.5 Å². The lowest BCUT2D eigenvalue weighted by atomic mass is 10.2. The lowest BCUT2D eigenvalue weighted by molar-refractivity contribution is 0.112. The maximum atomic E-state index is 10.6. The molecule has 4 heteroatoms. The molecule has 0 radical (unpaired) electrons. The minimum atomic E-state index is 0.351. The Morgan fingerprint density at radius 2 is 2.20 bits per heavy atom. The second-order valence-corrected chi connectivity index (χ2v) is 3.91. The van der Waals surface area contributed by atoms with Crippen molar-refractivity contribution >= 4 is 17.5 Å². The van der Waals surface area contributed by atoms with Gasteiger partial charge in [-0.05, 0) is 6.07 Å². The molecule has 2 heterocycles. The average Bonchev–Trinajstić information content (AvgIpc) is 2.55. The minimum absolute atomic E-state index is 0.351. The molecule has 0 aromatic carbocycles. The van der Waals surface area contributed by atoms with Crippen molar-refractivity contribution in [1.82, 2.24) is 14.5 Å². The number of hydrogen-bond donors (Lipinski definition) is 0. The van der Waals surface area contributed by atoms with Gasteiger partial charge in [-0.15, -0.1) is 0 Å². The van der Waals surface area contributed by atoms with Gasteiger partial charge in [-0.2, -0.15) is 0 Å². The predicted octanol–water partition coefficient (Wildman–Crippen LogP) is 1.90. The molecule has 78 valence electrons. The van der Waals surface area contributed by atoms with Crippen LogP contribution in [-0.4, -0.2) is 20.8 Å². The first kappa shape index (κ1) is 9.83. The third-order valence-electron chi connectivity index (χ3n) is 2.42. The summed E-state index contributed by atoms with van der Waals surface area (Å²) in [5.41, 5.74) is 2.17. The highest BCUT2D eigenvalue weighted by atomic mass is 16.1. The Bertz CT molecular complexity index is 514. The van der Waals surface area contributed by atoms with Crippen LogP contribution in [0.2, 0.25) is 0 Å². The van der Waals surface area contributed by atoms with Crippen LogP contribution in [0.5, 0.6) is 0 Å². The predicted molar refractivity (Wildman–Crippen MR) is 58.0 cm³/mol. The van der Waals surface area contributed by atoms with Crippen LogP contribution in [0, 0.1) is 0 Å². The topological polar surface area (TPSA) is 47.8 Å². The van der Waals surface area contributed by atoms with Gasteiger partial charge in [0.1, 0.15) is 11.3 Å². The Labute approximate surface area is 88.0 Å². The summed E-state index contributed by atoms with van der Waals surface area (Å²) in [5.74, 6) is 1.34. The molecule has 2 rings (SSSR count). The van der Waals surface area contributed by atoms with E-state index in [1.54, 1.807) is 12.3 Å². The fourth-order valence-corrected chi connectivity index (χ4v) is 1.69. The van der Waals surface area contributed by atoms with Gasteiger partial charge in [-0.3, -0.25) is 4.79 Å². The summed E-state index contributed by atoms with van der Waals surface area (Å²) in [6.45, 7) is 4.17. The molecule has 0 unspecified atom stereocenters. The summed E-state index contributed by atoms with van der Waals surface area (Å²) in [6, 6.07) is 1.77. The van der Waals surface area contributed by atoms with Gasteiger partial charge in [0.15, 0.2) is 11.9 Å². The number of carbonyl (C=O) groups excluding carboxylic acids is 1. The number of hydrogen-bond acceptors (Lipinski definition) is 3. The Hall–Kier alpha value is -1.71. The monoisotopic (exact) mass is 203 g/mol. The van der Waals surface area contributed by atoms with Crippen LogP contribution >= 0.6 is 0 Å². The number of nitrogens with zero attached hydrogens (tertiary/aromatic N) is 3. The third kappa shape index (κ3) is 1.52. The standard InChI is InChI=1S/C11H13N3O/c1-7(2)10-13-9-4-8(6-15)5-12-11(9)14(10)3/h4-7H,1-3H3. The van der Waals surface area contributed by atoms with E-state index in [1.807, 2.05) is 11.6 Å². The van der Waals surface area contributed by atoms with Gasteiger partial charge in [0.2, 0.25) is 0 Å². The van der Waals surface area contributed by atoms with Gasteiger partial charge in [-0.25, -0.2) is 9.97 Å². The van der Waals surface area contributed by atoms with E-state index in [0.717, 1.165) is 23.3 Å². The summed E-state index contributed by atoms with van der Waals surface area (Å²) in [4.78, 5) is 19.3. The van der Waals surface area contributed by atoms with Crippen molar-refractivity contribution in [3.63, 3.8) is 0 Å². The second-order valence-electron chi connectivity index (χ2n) is 3.91. The number of aryl methyl sites for hydroxylation is 1. The van der Waals surface area contributed by atoms with E-state index in [2.05, 4.69) is 23.8 Å². The summed E-state index contributed by atoms with van der Waals surface area (Å²) < 4.78 is 1.97. The van der Waals surface area contributed by atoms with Crippen molar-refractivity contribution < 1.29 is 4.79 Å². The van der Waals surface area contributed by atoms with Crippen molar-refractivity contribution in [3.8, 4) is 0 Å². The van der Waals surface area contributed by atoms with Crippen molar-refractivity contribution in [3.05, 3.63) is 23.7 Å². The van der Waals surface area contributed by atoms with Crippen LogP contribution in [0.15, 0.2) is 12.3 Å². The van der Waals surface area contributed by atoms with Gasteiger partial charge < -0.3 is 4.57 Å². The van der Waals surface area contributed by atoms with Crippen LogP contribution in [0.1, 0.15) is 35.9 Å². The Morgan fingerprint density at radius 3 is 2.80 bits per heavy atom. The van der Waals surface area contributed by atoms with Crippen LogP contribution in [-0.2, 0) is 7.05 Å². The van der Waals surface area contributed by atoms with Crippen LogP contribution in [0.3, 0.4) is 0 Å². The Balaban J connectivity index is 2.70. The minimum Gasteiger partial charge on any atom is -0.316 e. The van der Waals surface area contributed by atoms with E-state index < -0.39 is 0 Å². The first-order chi connectivity index (χ1) is 7.13. The number of pyridine rings is 1. The molecule has 0 amide bonds. The number of rotatable bonds is 2. The first-order valence-electron chi connectivity index (χ1n) is 4.91. The molecule has 0 aliphatic rings. The van der Waals surface area contributed by atoms with Crippen molar-refractivity contribution in [2.45, 2.75) is 19.8 Å². The van der Waals surface area contributed by atoms with E-state index in [9.17, 15) is 4.79 Å². The molecule has 0 fully saturated rings.